The SMILES string of the molecule is CCNC(=NCCNC(=O)C(C)C)N1CCN(C/C=C/c2ccccc2)CC1.I. The van der Waals surface area contributed by atoms with Gasteiger partial charge in [0.2, 0.25) is 5.91 Å². The number of hydrogen-bond acceptors (Lipinski definition) is 3. The Hall–Kier alpha value is -1.61. The van der Waals surface area contributed by atoms with Crippen LogP contribution < -0.4 is 10.6 Å². The highest BCUT2D eigenvalue weighted by atomic mass is 127. The second kappa shape index (κ2) is 14.4. The number of hydrogen-bond donors (Lipinski definition) is 2. The molecule has 162 valence electrons. The van der Waals surface area contributed by atoms with Crippen molar-refractivity contribution >= 4 is 41.9 Å². The van der Waals surface area contributed by atoms with E-state index in [2.05, 4.69) is 68.8 Å². The van der Waals surface area contributed by atoms with E-state index in [-0.39, 0.29) is 35.8 Å². The van der Waals surface area contributed by atoms with Crippen LogP contribution in [0.4, 0.5) is 0 Å². The van der Waals surface area contributed by atoms with E-state index in [1.807, 2.05) is 19.9 Å². The van der Waals surface area contributed by atoms with E-state index in [4.69, 9.17) is 0 Å². The molecule has 1 aromatic carbocycles. The fraction of sp³-hybridized carbons (Fsp3) is 0.545. The molecule has 2 rings (SSSR count). The zero-order valence-corrected chi connectivity index (χ0v) is 20.3. The zero-order valence-electron chi connectivity index (χ0n) is 17.9. The lowest BCUT2D eigenvalue weighted by atomic mass is 10.2. The van der Waals surface area contributed by atoms with Crippen molar-refractivity contribution in [3.63, 3.8) is 0 Å². The molecule has 1 amide bonds. The van der Waals surface area contributed by atoms with Gasteiger partial charge in [-0.1, -0.05) is 56.3 Å². The molecule has 1 aliphatic heterocycles. The van der Waals surface area contributed by atoms with Gasteiger partial charge in [-0.25, -0.2) is 0 Å². The number of carbonyl (C=O) groups is 1. The molecule has 0 bridgehead atoms. The summed E-state index contributed by atoms with van der Waals surface area (Å²) in [5.41, 5.74) is 1.24. The molecule has 0 aliphatic carbocycles. The van der Waals surface area contributed by atoms with Crippen molar-refractivity contribution in [2.24, 2.45) is 10.9 Å². The molecular formula is C22H36IN5O. The highest BCUT2D eigenvalue weighted by Gasteiger charge is 2.18. The van der Waals surface area contributed by atoms with Crippen LogP contribution in [-0.4, -0.2) is 74.0 Å². The molecule has 0 radical (unpaired) electrons. The standard InChI is InChI=1S/C22H35N5O.HI/c1-4-23-22(25-13-12-24-21(28)19(2)3)27-17-15-26(16-18-27)14-8-11-20-9-6-5-7-10-20;/h5-11,19H,4,12-18H2,1-3H3,(H,23,25)(H,24,28);1H/b11-8+;. The van der Waals surface area contributed by atoms with E-state index in [1.165, 1.54) is 5.56 Å². The van der Waals surface area contributed by atoms with Gasteiger partial charge >= 0.3 is 0 Å². The molecule has 7 heteroatoms. The van der Waals surface area contributed by atoms with Crippen LogP contribution >= 0.6 is 24.0 Å². The molecule has 29 heavy (non-hydrogen) atoms. The molecule has 1 saturated heterocycles. The minimum absolute atomic E-state index is 0. The van der Waals surface area contributed by atoms with Gasteiger partial charge in [-0.15, -0.1) is 24.0 Å². The largest absolute Gasteiger partial charge is 0.357 e. The first-order valence-electron chi connectivity index (χ1n) is 10.3. The molecule has 0 saturated carbocycles. The fourth-order valence-electron chi connectivity index (χ4n) is 3.02. The molecule has 2 N–H and O–H groups in total. The Bertz CT molecular complexity index is 640. The summed E-state index contributed by atoms with van der Waals surface area (Å²) in [6.07, 6.45) is 4.42. The Balaban J connectivity index is 0.00000420. The Morgan fingerprint density at radius 2 is 1.83 bits per heavy atom. The molecule has 1 aromatic rings. The van der Waals surface area contributed by atoms with Gasteiger partial charge in [-0.3, -0.25) is 14.7 Å². The normalized spacial score (nSPS) is 15.4. The van der Waals surface area contributed by atoms with Gasteiger partial charge in [-0.2, -0.15) is 0 Å². The van der Waals surface area contributed by atoms with Crippen molar-refractivity contribution in [1.29, 1.82) is 0 Å². The lowest BCUT2D eigenvalue weighted by Gasteiger charge is -2.36. The first-order valence-corrected chi connectivity index (χ1v) is 10.3. The molecule has 6 nitrogen and oxygen atoms in total. The van der Waals surface area contributed by atoms with Gasteiger partial charge in [0.1, 0.15) is 0 Å². The van der Waals surface area contributed by atoms with Crippen LogP contribution in [0, 0.1) is 5.92 Å². The van der Waals surface area contributed by atoms with Crippen molar-refractivity contribution in [1.82, 2.24) is 20.4 Å². The number of benzene rings is 1. The van der Waals surface area contributed by atoms with Crippen molar-refractivity contribution in [3.05, 3.63) is 42.0 Å². The van der Waals surface area contributed by atoms with Crippen molar-refractivity contribution < 1.29 is 4.79 Å². The molecule has 0 unspecified atom stereocenters. The third-order valence-electron chi connectivity index (χ3n) is 4.68. The number of guanidine groups is 1. The highest BCUT2D eigenvalue weighted by Crippen LogP contribution is 2.05. The molecule has 0 spiro atoms. The van der Waals surface area contributed by atoms with E-state index in [0.29, 0.717) is 13.1 Å². The third-order valence-corrected chi connectivity index (χ3v) is 4.68. The summed E-state index contributed by atoms with van der Waals surface area (Å²) in [7, 11) is 0. The van der Waals surface area contributed by atoms with E-state index < -0.39 is 0 Å². The summed E-state index contributed by atoms with van der Waals surface area (Å²) < 4.78 is 0. The number of piperazine rings is 1. The maximum absolute atomic E-state index is 11.6. The Labute approximate surface area is 192 Å². The number of carbonyl (C=O) groups excluding carboxylic acids is 1. The topological polar surface area (TPSA) is 60.0 Å². The summed E-state index contributed by atoms with van der Waals surface area (Å²) in [4.78, 5) is 21.1. The maximum Gasteiger partial charge on any atom is 0.222 e. The van der Waals surface area contributed by atoms with E-state index >= 15 is 0 Å². The van der Waals surface area contributed by atoms with E-state index in [9.17, 15) is 4.79 Å². The molecule has 1 aliphatic rings. The number of aliphatic imine (C=N–C) groups is 1. The predicted molar refractivity (Wildman–Crippen MR) is 133 cm³/mol. The quantitative estimate of drug-likeness (QED) is 0.243. The van der Waals surface area contributed by atoms with Crippen LogP contribution in [0.2, 0.25) is 0 Å². The minimum atomic E-state index is 0. The predicted octanol–water partition coefficient (Wildman–Crippen LogP) is 2.67. The van der Waals surface area contributed by atoms with Gasteiger partial charge in [-0.05, 0) is 12.5 Å². The summed E-state index contributed by atoms with van der Waals surface area (Å²) in [6.45, 7) is 12.8. The smallest absolute Gasteiger partial charge is 0.222 e. The summed E-state index contributed by atoms with van der Waals surface area (Å²) in [5.74, 6) is 1.04. The maximum atomic E-state index is 11.6. The van der Waals surface area contributed by atoms with Crippen molar-refractivity contribution in [3.8, 4) is 0 Å². The van der Waals surface area contributed by atoms with Crippen LogP contribution in [0.5, 0.6) is 0 Å². The molecule has 0 atom stereocenters. The number of halogens is 1. The molecule has 1 fully saturated rings. The molecule has 0 aromatic heterocycles. The number of rotatable bonds is 8. The van der Waals surface area contributed by atoms with E-state index in [1.54, 1.807) is 0 Å². The average molecular weight is 513 g/mol. The first kappa shape index (κ1) is 25.4. The second-order valence-corrected chi connectivity index (χ2v) is 7.28. The summed E-state index contributed by atoms with van der Waals surface area (Å²) in [5, 5.41) is 6.29. The highest BCUT2D eigenvalue weighted by molar-refractivity contribution is 14.0. The van der Waals surface area contributed by atoms with Crippen LogP contribution in [0.15, 0.2) is 41.4 Å². The monoisotopic (exact) mass is 513 g/mol. The van der Waals surface area contributed by atoms with Gasteiger partial charge in [0.05, 0.1) is 6.54 Å². The number of nitrogens with one attached hydrogen (secondary N) is 2. The Kier molecular flexibility index (Phi) is 12.6. The van der Waals surface area contributed by atoms with Crippen LogP contribution in [0.25, 0.3) is 6.08 Å². The Morgan fingerprint density at radius 3 is 2.45 bits per heavy atom. The lowest BCUT2D eigenvalue weighted by Crippen LogP contribution is -2.52. The van der Waals surface area contributed by atoms with E-state index in [0.717, 1.165) is 45.2 Å². The lowest BCUT2D eigenvalue weighted by molar-refractivity contribution is -0.123. The van der Waals surface area contributed by atoms with Gasteiger partial charge in [0.15, 0.2) is 5.96 Å². The number of amides is 1. The van der Waals surface area contributed by atoms with Gasteiger partial charge in [0, 0.05) is 51.7 Å². The van der Waals surface area contributed by atoms with Crippen LogP contribution in [-0.2, 0) is 4.79 Å². The van der Waals surface area contributed by atoms with Crippen LogP contribution in [0.3, 0.4) is 0 Å². The molecular weight excluding hydrogens is 477 g/mol. The average Bonchev–Trinajstić information content (AvgIpc) is 2.71. The molecule has 1 heterocycles. The van der Waals surface area contributed by atoms with Gasteiger partial charge < -0.3 is 15.5 Å². The van der Waals surface area contributed by atoms with Gasteiger partial charge in [0.25, 0.3) is 0 Å². The Morgan fingerprint density at radius 1 is 1.14 bits per heavy atom. The summed E-state index contributed by atoms with van der Waals surface area (Å²) >= 11 is 0. The first-order chi connectivity index (χ1) is 13.6. The minimum Gasteiger partial charge on any atom is -0.357 e. The number of nitrogens with zero attached hydrogens (tertiary/aromatic N) is 3. The fourth-order valence-corrected chi connectivity index (χ4v) is 3.02. The van der Waals surface area contributed by atoms with Crippen molar-refractivity contribution in [2.45, 2.75) is 20.8 Å². The third kappa shape index (κ3) is 9.62. The van der Waals surface area contributed by atoms with Crippen molar-refractivity contribution in [2.75, 3.05) is 52.4 Å². The zero-order chi connectivity index (χ0) is 20.2. The summed E-state index contributed by atoms with van der Waals surface area (Å²) in [6, 6.07) is 10.4. The second-order valence-electron chi connectivity index (χ2n) is 7.28. The van der Waals surface area contributed by atoms with Crippen LogP contribution in [0.1, 0.15) is 26.3 Å².